The Morgan fingerprint density at radius 2 is 1.61 bits per heavy atom. The standard InChI is InChI=1S/C35H34N6O3/c1-2-40-17-14-23(15-18-40)37-24-12-13-29-28(20-24)31(33(42)39-29)30(22-8-4-3-5-9-22)32-36-21-25(38-32)16-19-41-34(43)26-10-6-7-11-27(26)35(41)44/h3-13,20-21,23,37H,2,14-19H2,1H3,(H,36,38)(H,39,42). The number of hydrogen-bond donors (Lipinski definition) is 3. The maximum Gasteiger partial charge on any atom is 0.261 e. The molecule has 222 valence electrons. The van der Waals surface area contributed by atoms with E-state index < -0.39 is 0 Å². The SMILES string of the molecule is CCN1CCC(Nc2ccc3c(c2)C(=C(c2ccccc2)c2ncc(CCN4C(=O)c5ccccc5C4=O)[nH]2)C(=O)N3)CC1. The molecule has 9 heteroatoms. The number of piperidine rings is 1. The minimum Gasteiger partial charge on any atom is -0.382 e. The van der Waals surface area contributed by atoms with Crippen LogP contribution in [0.1, 0.15) is 63.1 Å². The highest BCUT2D eigenvalue weighted by Gasteiger charge is 2.35. The first-order valence-electron chi connectivity index (χ1n) is 15.2. The summed E-state index contributed by atoms with van der Waals surface area (Å²) in [7, 11) is 0. The van der Waals surface area contributed by atoms with Gasteiger partial charge in [0.05, 0.1) is 16.7 Å². The van der Waals surface area contributed by atoms with Crippen LogP contribution in [0, 0.1) is 0 Å². The maximum atomic E-state index is 13.6. The number of H-pyrrole nitrogens is 1. The summed E-state index contributed by atoms with van der Waals surface area (Å²) < 4.78 is 0. The molecule has 3 aliphatic rings. The van der Waals surface area contributed by atoms with Crippen molar-refractivity contribution in [1.29, 1.82) is 0 Å². The number of imide groups is 1. The highest BCUT2D eigenvalue weighted by molar-refractivity contribution is 6.38. The van der Waals surface area contributed by atoms with Gasteiger partial charge in [-0.3, -0.25) is 19.3 Å². The lowest BCUT2D eigenvalue weighted by molar-refractivity contribution is -0.110. The Labute approximate surface area is 256 Å². The predicted molar refractivity (Wildman–Crippen MR) is 170 cm³/mol. The zero-order chi connectivity index (χ0) is 30.2. The molecule has 4 heterocycles. The molecule has 4 aromatic rings. The van der Waals surface area contributed by atoms with Crippen LogP contribution in [-0.4, -0.2) is 69.7 Å². The molecule has 3 amide bonds. The lowest BCUT2D eigenvalue weighted by Gasteiger charge is -2.32. The smallest absolute Gasteiger partial charge is 0.261 e. The molecule has 1 aromatic heterocycles. The van der Waals surface area contributed by atoms with Crippen molar-refractivity contribution in [2.75, 3.05) is 36.8 Å². The number of nitrogens with one attached hydrogen (secondary N) is 3. The van der Waals surface area contributed by atoms with E-state index in [-0.39, 0.29) is 24.3 Å². The van der Waals surface area contributed by atoms with E-state index in [2.05, 4.69) is 33.5 Å². The molecule has 0 saturated carbocycles. The highest BCUT2D eigenvalue weighted by atomic mass is 16.2. The average molecular weight is 587 g/mol. The number of fused-ring (bicyclic) bond motifs is 2. The van der Waals surface area contributed by atoms with E-state index in [0.717, 1.165) is 60.7 Å². The fourth-order valence-corrected chi connectivity index (χ4v) is 6.43. The monoisotopic (exact) mass is 586 g/mol. The molecular weight excluding hydrogens is 552 g/mol. The number of rotatable bonds is 8. The Kier molecular flexibility index (Phi) is 7.31. The number of aromatic amines is 1. The van der Waals surface area contributed by atoms with Crippen LogP contribution in [0.3, 0.4) is 0 Å². The van der Waals surface area contributed by atoms with Crippen LogP contribution >= 0.6 is 0 Å². The van der Waals surface area contributed by atoms with Crippen molar-refractivity contribution < 1.29 is 14.4 Å². The molecule has 44 heavy (non-hydrogen) atoms. The van der Waals surface area contributed by atoms with Crippen molar-refractivity contribution >= 4 is 40.2 Å². The number of hydrogen-bond acceptors (Lipinski definition) is 6. The molecule has 7 rings (SSSR count). The molecule has 0 aliphatic carbocycles. The highest BCUT2D eigenvalue weighted by Crippen LogP contribution is 2.40. The van der Waals surface area contributed by atoms with Crippen molar-refractivity contribution in [2.24, 2.45) is 0 Å². The van der Waals surface area contributed by atoms with Gasteiger partial charge < -0.3 is 20.5 Å². The number of carbonyl (C=O) groups excluding carboxylic acids is 3. The van der Waals surface area contributed by atoms with Gasteiger partial charge in [-0.1, -0.05) is 49.4 Å². The summed E-state index contributed by atoms with van der Waals surface area (Å²) in [6, 6.07) is 23.1. The van der Waals surface area contributed by atoms with Gasteiger partial charge in [-0.25, -0.2) is 4.98 Å². The first kappa shape index (κ1) is 27.8. The predicted octanol–water partition coefficient (Wildman–Crippen LogP) is 5.06. The van der Waals surface area contributed by atoms with Crippen molar-refractivity contribution in [1.82, 2.24) is 19.8 Å². The molecule has 0 bridgehead atoms. The fraction of sp³-hybridized carbons (Fsp3) is 0.257. The first-order chi connectivity index (χ1) is 21.5. The van der Waals surface area contributed by atoms with Crippen molar-refractivity contribution in [3.63, 3.8) is 0 Å². The van der Waals surface area contributed by atoms with Crippen LogP contribution in [0.4, 0.5) is 11.4 Å². The number of anilines is 2. The molecule has 1 fully saturated rings. The van der Waals surface area contributed by atoms with Gasteiger partial charge in [0.15, 0.2) is 0 Å². The zero-order valence-electron chi connectivity index (χ0n) is 24.6. The molecule has 3 N–H and O–H groups in total. The Morgan fingerprint density at radius 1 is 0.909 bits per heavy atom. The third-order valence-electron chi connectivity index (χ3n) is 8.83. The maximum absolute atomic E-state index is 13.6. The molecule has 3 aliphatic heterocycles. The van der Waals surface area contributed by atoms with E-state index in [1.807, 2.05) is 42.5 Å². The molecule has 9 nitrogen and oxygen atoms in total. The van der Waals surface area contributed by atoms with E-state index in [1.165, 1.54) is 4.90 Å². The van der Waals surface area contributed by atoms with Gasteiger partial charge in [-0.05, 0) is 55.3 Å². The molecule has 0 atom stereocenters. The van der Waals surface area contributed by atoms with Crippen LogP contribution in [0.5, 0.6) is 0 Å². The van der Waals surface area contributed by atoms with Crippen LogP contribution in [0.2, 0.25) is 0 Å². The Balaban J connectivity index is 1.18. The summed E-state index contributed by atoms with van der Waals surface area (Å²) in [5.74, 6) is -0.193. The van der Waals surface area contributed by atoms with Gasteiger partial charge in [0.2, 0.25) is 0 Å². The Bertz CT molecular complexity index is 1750. The van der Waals surface area contributed by atoms with E-state index in [1.54, 1.807) is 30.5 Å². The van der Waals surface area contributed by atoms with Gasteiger partial charge in [-0.2, -0.15) is 0 Å². The number of carbonyl (C=O) groups is 3. The summed E-state index contributed by atoms with van der Waals surface area (Å²) in [6.45, 7) is 5.66. The van der Waals surface area contributed by atoms with Gasteiger partial charge in [0, 0.05) is 66.5 Å². The zero-order valence-corrected chi connectivity index (χ0v) is 24.6. The van der Waals surface area contributed by atoms with E-state index in [4.69, 9.17) is 4.98 Å². The third-order valence-corrected chi connectivity index (χ3v) is 8.83. The Morgan fingerprint density at radius 3 is 2.32 bits per heavy atom. The lowest BCUT2D eigenvalue weighted by Crippen LogP contribution is -2.38. The largest absolute Gasteiger partial charge is 0.382 e. The molecule has 0 spiro atoms. The van der Waals surface area contributed by atoms with Gasteiger partial charge in [0.1, 0.15) is 5.82 Å². The molecular formula is C35H34N6O3. The lowest BCUT2D eigenvalue weighted by atomic mass is 9.94. The number of nitrogens with zero attached hydrogens (tertiary/aromatic N) is 3. The Hall–Kier alpha value is -5.02. The van der Waals surface area contributed by atoms with Crippen LogP contribution in [0.25, 0.3) is 11.1 Å². The normalized spacial score (nSPS) is 17.9. The van der Waals surface area contributed by atoms with Crippen molar-refractivity contribution in [2.45, 2.75) is 32.2 Å². The van der Waals surface area contributed by atoms with Gasteiger partial charge in [0.25, 0.3) is 17.7 Å². The van der Waals surface area contributed by atoms with E-state index in [9.17, 15) is 14.4 Å². The van der Waals surface area contributed by atoms with E-state index in [0.29, 0.717) is 40.6 Å². The minimum absolute atomic E-state index is 0.184. The number of imidazole rings is 1. The molecule has 0 radical (unpaired) electrons. The summed E-state index contributed by atoms with van der Waals surface area (Å²) in [5.41, 5.74) is 6.32. The van der Waals surface area contributed by atoms with Gasteiger partial charge in [-0.15, -0.1) is 0 Å². The van der Waals surface area contributed by atoms with Crippen molar-refractivity contribution in [3.05, 3.63) is 113 Å². The quantitative estimate of drug-likeness (QED) is 0.197. The number of benzene rings is 3. The van der Waals surface area contributed by atoms with Crippen LogP contribution in [0.15, 0.2) is 79.0 Å². The fourth-order valence-electron chi connectivity index (χ4n) is 6.43. The summed E-state index contributed by atoms with van der Waals surface area (Å²) >= 11 is 0. The minimum atomic E-state index is -0.281. The second-order valence-corrected chi connectivity index (χ2v) is 11.5. The number of aromatic nitrogens is 2. The number of likely N-dealkylation sites (tertiary alicyclic amines) is 1. The van der Waals surface area contributed by atoms with Crippen LogP contribution in [-0.2, 0) is 11.2 Å². The summed E-state index contributed by atoms with van der Waals surface area (Å²) in [6.07, 6.45) is 4.28. The van der Waals surface area contributed by atoms with E-state index >= 15 is 0 Å². The summed E-state index contributed by atoms with van der Waals surface area (Å²) in [5, 5.41) is 6.74. The van der Waals surface area contributed by atoms with Crippen LogP contribution < -0.4 is 10.6 Å². The topological polar surface area (TPSA) is 110 Å². The second-order valence-electron chi connectivity index (χ2n) is 11.5. The van der Waals surface area contributed by atoms with Crippen molar-refractivity contribution in [3.8, 4) is 0 Å². The molecule has 1 saturated heterocycles. The average Bonchev–Trinajstić information content (AvgIpc) is 3.72. The third kappa shape index (κ3) is 5.09. The van der Waals surface area contributed by atoms with Gasteiger partial charge >= 0.3 is 0 Å². The summed E-state index contributed by atoms with van der Waals surface area (Å²) in [4.78, 5) is 51.1. The first-order valence-corrected chi connectivity index (χ1v) is 15.2. The molecule has 3 aromatic carbocycles. The molecule has 0 unspecified atom stereocenters. The second kappa shape index (κ2) is 11.6. The number of amides is 3.